The number of phenolic OH excluding ortho intramolecular Hbond substituents is 1. The molecule has 0 unspecified atom stereocenters. The lowest BCUT2D eigenvalue weighted by atomic mass is 9.87. The number of methoxy groups -OCH3 is 6. The number of aromatic hydroxyl groups is 1. The Morgan fingerprint density at radius 3 is 1.89 bits per heavy atom. The topological polar surface area (TPSA) is 119 Å². The van der Waals surface area contributed by atoms with Crippen molar-refractivity contribution in [3.63, 3.8) is 0 Å². The Hall–Kier alpha value is -4.34. The molecule has 0 aliphatic heterocycles. The molecule has 0 saturated carbocycles. The molecule has 10 nitrogen and oxygen atoms in total. The van der Waals surface area contributed by atoms with E-state index in [0.717, 1.165) is 7.11 Å². The lowest BCUT2D eigenvalue weighted by Gasteiger charge is -2.22. The van der Waals surface area contributed by atoms with Crippen molar-refractivity contribution in [2.75, 3.05) is 49.3 Å². The first-order valence-electron chi connectivity index (χ1n) is 10.8. The fourth-order valence-corrected chi connectivity index (χ4v) is 4.09. The molecule has 10 heteroatoms. The van der Waals surface area contributed by atoms with E-state index < -0.39 is 17.7 Å². The van der Waals surface area contributed by atoms with Crippen LogP contribution in [-0.2, 0) is 9.47 Å². The Bertz CT molecular complexity index is 1310. The van der Waals surface area contributed by atoms with E-state index in [4.69, 9.17) is 33.2 Å². The van der Waals surface area contributed by atoms with Gasteiger partial charge in [0.15, 0.2) is 23.0 Å². The maximum atomic E-state index is 13.2. The highest BCUT2D eigenvalue weighted by molar-refractivity contribution is 6.20. The van der Waals surface area contributed by atoms with Gasteiger partial charge in [-0.25, -0.2) is 9.59 Å². The molecule has 192 valence electrons. The Morgan fingerprint density at radius 2 is 1.36 bits per heavy atom. The second kappa shape index (κ2) is 10.9. The minimum absolute atomic E-state index is 0.154. The van der Waals surface area contributed by atoms with Crippen LogP contribution in [-0.4, -0.2) is 66.3 Å². The van der Waals surface area contributed by atoms with Gasteiger partial charge < -0.3 is 38.3 Å². The van der Waals surface area contributed by atoms with Crippen LogP contribution in [0.3, 0.4) is 0 Å². The van der Waals surface area contributed by atoms with Crippen molar-refractivity contribution >= 4 is 22.7 Å². The van der Waals surface area contributed by atoms with Crippen molar-refractivity contribution in [1.82, 2.24) is 0 Å². The molecule has 0 spiro atoms. The van der Waals surface area contributed by atoms with Crippen molar-refractivity contribution in [2.45, 2.75) is 6.92 Å². The van der Waals surface area contributed by atoms with Crippen LogP contribution in [0.25, 0.3) is 21.9 Å². The average molecular weight is 501 g/mol. The smallest absolute Gasteiger partial charge is 0.342 e. The van der Waals surface area contributed by atoms with Crippen LogP contribution in [0.2, 0.25) is 0 Å². The molecule has 0 atom stereocenters. The minimum Gasteiger partial charge on any atom is -0.506 e. The Labute approximate surface area is 208 Å². The van der Waals surface area contributed by atoms with Crippen LogP contribution >= 0.6 is 0 Å². The summed E-state index contributed by atoms with van der Waals surface area (Å²) in [7, 11) is 8.06. The summed E-state index contributed by atoms with van der Waals surface area (Å²) in [4.78, 5) is 26.0. The van der Waals surface area contributed by atoms with Crippen molar-refractivity contribution in [1.29, 1.82) is 0 Å². The molecule has 0 heterocycles. The molecule has 3 aromatic carbocycles. The summed E-state index contributed by atoms with van der Waals surface area (Å²) in [5, 5.41) is 11.7. The maximum absolute atomic E-state index is 13.2. The molecule has 0 amide bonds. The van der Waals surface area contributed by atoms with E-state index in [-0.39, 0.29) is 44.7 Å². The SMILES string of the molecule is CCOc1cc(-c2c(C(=O)OC)c(C(=O)OC)c(O)c3cc(OC)c(OC)c(OC)c23)ccc1OC. The number of hydrogen-bond donors (Lipinski definition) is 1. The second-order valence-corrected chi connectivity index (χ2v) is 7.32. The van der Waals surface area contributed by atoms with Gasteiger partial charge in [0.1, 0.15) is 11.3 Å². The van der Waals surface area contributed by atoms with Gasteiger partial charge in [-0.1, -0.05) is 6.07 Å². The fraction of sp³-hybridized carbons (Fsp3) is 0.308. The van der Waals surface area contributed by atoms with Crippen LogP contribution in [0.5, 0.6) is 34.5 Å². The number of phenols is 1. The third-order valence-corrected chi connectivity index (χ3v) is 5.60. The lowest BCUT2D eigenvalue weighted by molar-refractivity contribution is 0.0553. The highest BCUT2D eigenvalue weighted by Crippen LogP contribution is 2.52. The van der Waals surface area contributed by atoms with Crippen LogP contribution in [0.1, 0.15) is 27.6 Å². The largest absolute Gasteiger partial charge is 0.506 e. The average Bonchev–Trinajstić information content (AvgIpc) is 2.90. The van der Waals surface area contributed by atoms with Crippen molar-refractivity contribution < 1.29 is 47.9 Å². The Balaban J connectivity index is 2.70. The highest BCUT2D eigenvalue weighted by atomic mass is 16.5. The van der Waals surface area contributed by atoms with Gasteiger partial charge in [0, 0.05) is 16.3 Å². The fourth-order valence-electron chi connectivity index (χ4n) is 4.09. The van der Waals surface area contributed by atoms with Gasteiger partial charge in [0.25, 0.3) is 0 Å². The summed E-state index contributed by atoms with van der Waals surface area (Å²) in [6.45, 7) is 2.17. The predicted octanol–water partition coefficient (Wildman–Crippen LogP) is 4.22. The van der Waals surface area contributed by atoms with Gasteiger partial charge in [-0.05, 0) is 30.7 Å². The molecule has 0 fully saturated rings. The summed E-state index contributed by atoms with van der Waals surface area (Å²) >= 11 is 0. The van der Waals surface area contributed by atoms with Crippen molar-refractivity contribution in [3.8, 4) is 45.6 Å². The number of rotatable bonds is 9. The van der Waals surface area contributed by atoms with Gasteiger partial charge in [-0.15, -0.1) is 0 Å². The number of carbonyl (C=O) groups is 2. The zero-order valence-corrected chi connectivity index (χ0v) is 21.1. The van der Waals surface area contributed by atoms with E-state index in [9.17, 15) is 14.7 Å². The van der Waals surface area contributed by atoms with Crippen molar-refractivity contribution in [3.05, 3.63) is 35.4 Å². The molecule has 0 bridgehead atoms. The van der Waals surface area contributed by atoms with E-state index in [1.165, 1.54) is 41.6 Å². The number of esters is 2. The second-order valence-electron chi connectivity index (χ2n) is 7.32. The summed E-state index contributed by atoms with van der Waals surface area (Å²) in [5.74, 6) is -0.873. The van der Waals surface area contributed by atoms with Gasteiger partial charge in [0.05, 0.1) is 54.8 Å². The number of fused-ring (bicyclic) bond motifs is 1. The first kappa shape index (κ1) is 26.3. The first-order valence-corrected chi connectivity index (χ1v) is 10.8. The zero-order valence-electron chi connectivity index (χ0n) is 21.1. The molecule has 0 aliphatic carbocycles. The molecular formula is C26H28O10. The highest BCUT2D eigenvalue weighted by Gasteiger charge is 2.34. The van der Waals surface area contributed by atoms with E-state index in [2.05, 4.69) is 0 Å². The van der Waals surface area contributed by atoms with Crippen LogP contribution in [0.4, 0.5) is 0 Å². The number of benzene rings is 3. The summed E-state index contributed by atoms with van der Waals surface area (Å²) < 4.78 is 37.7. The first-order chi connectivity index (χ1) is 17.3. The minimum atomic E-state index is -0.941. The number of carbonyl (C=O) groups excluding carboxylic acids is 2. The van der Waals surface area contributed by atoms with E-state index >= 15 is 0 Å². The van der Waals surface area contributed by atoms with Gasteiger partial charge in [-0.2, -0.15) is 0 Å². The molecule has 36 heavy (non-hydrogen) atoms. The third-order valence-electron chi connectivity index (χ3n) is 5.60. The molecule has 0 radical (unpaired) electrons. The molecule has 3 rings (SSSR count). The Kier molecular flexibility index (Phi) is 7.98. The molecular weight excluding hydrogens is 472 g/mol. The predicted molar refractivity (Wildman–Crippen MR) is 131 cm³/mol. The lowest BCUT2D eigenvalue weighted by Crippen LogP contribution is -2.15. The van der Waals surface area contributed by atoms with Crippen LogP contribution in [0, 0.1) is 0 Å². The Morgan fingerprint density at radius 1 is 0.750 bits per heavy atom. The summed E-state index contributed by atoms with van der Waals surface area (Å²) in [6, 6.07) is 6.47. The summed E-state index contributed by atoms with van der Waals surface area (Å²) in [6.07, 6.45) is 0. The molecule has 0 aromatic heterocycles. The number of ether oxygens (including phenoxy) is 7. The maximum Gasteiger partial charge on any atom is 0.342 e. The van der Waals surface area contributed by atoms with Gasteiger partial charge >= 0.3 is 11.9 Å². The molecule has 1 N–H and O–H groups in total. The third kappa shape index (κ3) is 4.26. The normalized spacial score (nSPS) is 10.5. The molecule has 0 aliphatic rings. The summed E-state index contributed by atoms with van der Waals surface area (Å²) in [5.41, 5.74) is 0.0548. The molecule has 3 aromatic rings. The van der Waals surface area contributed by atoms with Gasteiger partial charge in [-0.3, -0.25) is 0 Å². The van der Waals surface area contributed by atoms with E-state index in [1.54, 1.807) is 18.2 Å². The van der Waals surface area contributed by atoms with Crippen molar-refractivity contribution in [2.24, 2.45) is 0 Å². The quantitative estimate of drug-likeness (QED) is 0.428. The van der Waals surface area contributed by atoms with E-state index in [0.29, 0.717) is 23.7 Å². The van der Waals surface area contributed by atoms with Gasteiger partial charge in [0.2, 0.25) is 5.75 Å². The standard InChI is InChI=1S/C26H28O10/c1-8-36-16-11-13(9-10-15(16)30-2)18-19-14(12-17(31-3)23(32-4)24(19)33-5)22(27)21(26(29)35-7)20(18)25(28)34-6/h9-12,27H,8H2,1-7H3. The zero-order chi connectivity index (χ0) is 26.6. The monoisotopic (exact) mass is 500 g/mol. The van der Waals surface area contributed by atoms with Crippen LogP contribution in [0.15, 0.2) is 24.3 Å². The van der Waals surface area contributed by atoms with Crippen LogP contribution < -0.4 is 23.7 Å². The van der Waals surface area contributed by atoms with E-state index in [1.807, 2.05) is 6.92 Å². The number of hydrogen-bond acceptors (Lipinski definition) is 10. The molecule has 0 saturated heterocycles.